The first-order valence-corrected chi connectivity index (χ1v) is 4.98. The van der Waals surface area contributed by atoms with Crippen LogP contribution in [0.25, 0.3) is 12.2 Å². The zero-order valence-electron chi connectivity index (χ0n) is 10.2. The van der Waals surface area contributed by atoms with Gasteiger partial charge in [-0.25, -0.2) is 0 Å². The lowest BCUT2D eigenvalue weighted by Gasteiger charge is -1.97. The van der Waals surface area contributed by atoms with Crippen LogP contribution in [0, 0.1) is 0 Å². The van der Waals surface area contributed by atoms with Gasteiger partial charge in [0.1, 0.15) is 6.29 Å². The molecule has 2 heteroatoms. The Hall–Kier alpha value is -1.67. The van der Waals surface area contributed by atoms with Gasteiger partial charge in [-0.05, 0) is 25.0 Å². The van der Waals surface area contributed by atoms with E-state index in [0.29, 0.717) is 0 Å². The van der Waals surface area contributed by atoms with Crippen LogP contribution in [0.15, 0.2) is 36.9 Å². The van der Waals surface area contributed by atoms with E-state index in [1.807, 2.05) is 31.2 Å². The van der Waals surface area contributed by atoms with Crippen molar-refractivity contribution in [2.24, 2.45) is 0 Å². The van der Waals surface area contributed by atoms with Gasteiger partial charge in [0, 0.05) is 7.11 Å². The summed E-state index contributed by atoms with van der Waals surface area (Å²) >= 11 is 0. The summed E-state index contributed by atoms with van der Waals surface area (Å²) < 4.78 is 0. The smallest absolute Gasteiger partial charge is 0.116 e. The second-order valence-electron chi connectivity index (χ2n) is 2.57. The Morgan fingerprint density at radius 1 is 1.12 bits per heavy atom. The normalized spacial score (nSPS) is 8.25. The number of aldehydes is 1. The highest BCUT2D eigenvalue weighted by Gasteiger charge is 1.90. The molecule has 2 nitrogen and oxygen atoms in total. The van der Waals surface area contributed by atoms with E-state index >= 15 is 0 Å². The van der Waals surface area contributed by atoms with Crippen LogP contribution in [0.1, 0.15) is 25.0 Å². The lowest BCUT2D eigenvalue weighted by molar-refractivity contribution is -0.106. The van der Waals surface area contributed by atoms with Crippen LogP contribution in [-0.2, 0) is 4.79 Å². The molecule has 0 aromatic heterocycles. The molecule has 88 valence electrons. The molecule has 0 radical (unpaired) electrons. The molecule has 0 saturated carbocycles. The largest absolute Gasteiger partial charge is 0.400 e. The molecule has 0 spiro atoms. The van der Waals surface area contributed by atoms with Crippen LogP contribution in [0.5, 0.6) is 0 Å². The second kappa shape index (κ2) is 13.3. The quantitative estimate of drug-likeness (QED) is 0.777. The fourth-order valence-electron chi connectivity index (χ4n) is 1.03. The third-order valence-electron chi connectivity index (χ3n) is 1.56. The zero-order chi connectivity index (χ0) is 12.8. The Labute approximate surface area is 97.9 Å². The third kappa shape index (κ3) is 7.71. The molecule has 0 atom stereocenters. The van der Waals surface area contributed by atoms with Crippen molar-refractivity contribution < 1.29 is 9.90 Å². The Morgan fingerprint density at radius 2 is 1.56 bits per heavy atom. The molecule has 0 heterocycles. The molecule has 1 N–H and O–H groups in total. The van der Waals surface area contributed by atoms with Crippen LogP contribution in [-0.4, -0.2) is 18.5 Å². The number of allylic oxidation sites excluding steroid dienone is 1. The SMILES string of the molecule is C=Cc1ccccc1/C=C\C.CC=O.CO. The van der Waals surface area contributed by atoms with E-state index in [2.05, 4.69) is 24.8 Å². The number of carbonyl (C=O) groups excluding carboxylic acids is 1. The van der Waals surface area contributed by atoms with Crippen molar-refractivity contribution in [3.8, 4) is 0 Å². The Balaban J connectivity index is 0. The molecule has 0 aliphatic carbocycles. The Bertz CT molecular complexity index is 314. The van der Waals surface area contributed by atoms with Gasteiger partial charge >= 0.3 is 0 Å². The van der Waals surface area contributed by atoms with E-state index in [0.717, 1.165) is 13.4 Å². The fraction of sp³-hybridized carbons (Fsp3) is 0.214. The molecular weight excluding hydrogens is 200 g/mol. The highest BCUT2D eigenvalue weighted by molar-refractivity contribution is 5.63. The van der Waals surface area contributed by atoms with Gasteiger partial charge in [0.2, 0.25) is 0 Å². The minimum Gasteiger partial charge on any atom is -0.400 e. The van der Waals surface area contributed by atoms with E-state index in [-0.39, 0.29) is 0 Å². The van der Waals surface area contributed by atoms with E-state index < -0.39 is 0 Å². The van der Waals surface area contributed by atoms with Crippen LogP contribution < -0.4 is 0 Å². The number of aliphatic hydroxyl groups excluding tert-OH is 1. The predicted molar refractivity (Wildman–Crippen MR) is 71.1 cm³/mol. The summed E-state index contributed by atoms with van der Waals surface area (Å²) in [7, 11) is 1.00. The lowest BCUT2D eigenvalue weighted by Crippen LogP contribution is -1.76. The summed E-state index contributed by atoms with van der Waals surface area (Å²) in [4.78, 5) is 8.81. The predicted octanol–water partition coefficient (Wildman–Crippen LogP) is 3.18. The van der Waals surface area contributed by atoms with Crippen molar-refractivity contribution in [2.45, 2.75) is 13.8 Å². The van der Waals surface area contributed by atoms with Crippen molar-refractivity contribution in [3.63, 3.8) is 0 Å². The molecule has 0 aliphatic heterocycles. The van der Waals surface area contributed by atoms with Crippen LogP contribution in [0.3, 0.4) is 0 Å². The van der Waals surface area contributed by atoms with Crippen molar-refractivity contribution in [3.05, 3.63) is 48.0 Å². The number of hydrogen-bond donors (Lipinski definition) is 1. The highest BCUT2D eigenvalue weighted by atomic mass is 16.2. The molecule has 1 aromatic carbocycles. The summed E-state index contributed by atoms with van der Waals surface area (Å²) in [6, 6.07) is 8.19. The van der Waals surface area contributed by atoms with Gasteiger partial charge < -0.3 is 9.90 Å². The maximum Gasteiger partial charge on any atom is 0.116 e. The molecule has 0 amide bonds. The van der Waals surface area contributed by atoms with E-state index in [9.17, 15) is 0 Å². The van der Waals surface area contributed by atoms with Gasteiger partial charge in [-0.3, -0.25) is 0 Å². The molecule has 16 heavy (non-hydrogen) atoms. The monoisotopic (exact) mass is 220 g/mol. The Kier molecular flexibility index (Phi) is 14.0. The molecular formula is C14H20O2. The number of aliphatic hydroxyl groups is 1. The van der Waals surface area contributed by atoms with Gasteiger partial charge in [-0.2, -0.15) is 0 Å². The summed E-state index contributed by atoms with van der Waals surface area (Å²) in [6.07, 6.45) is 6.73. The van der Waals surface area contributed by atoms with Crippen LogP contribution in [0.2, 0.25) is 0 Å². The number of benzene rings is 1. The van der Waals surface area contributed by atoms with E-state index in [1.54, 1.807) is 0 Å². The first-order valence-electron chi connectivity index (χ1n) is 4.98. The molecule has 1 rings (SSSR count). The molecule has 1 aromatic rings. The lowest BCUT2D eigenvalue weighted by atomic mass is 10.1. The fourth-order valence-corrected chi connectivity index (χ4v) is 1.03. The number of carbonyl (C=O) groups is 1. The van der Waals surface area contributed by atoms with Crippen molar-refractivity contribution >= 4 is 18.4 Å². The minimum atomic E-state index is 0.750. The van der Waals surface area contributed by atoms with Crippen molar-refractivity contribution in [1.29, 1.82) is 0 Å². The van der Waals surface area contributed by atoms with Gasteiger partial charge in [0.15, 0.2) is 0 Å². The third-order valence-corrected chi connectivity index (χ3v) is 1.56. The molecule has 0 fully saturated rings. The average Bonchev–Trinajstić information content (AvgIpc) is 2.34. The number of rotatable bonds is 2. The molecule has 0 aliphatic rings. The summed E-state index contributed by atoms with van der Waals surface area (Å²) in [5, 5.41) is 7.00. The molecule has 0 unspecified atom stereocenters. The second-order valence-corrected chi connectivity index (χ2v) is 2.57. The van der Waals surface area contributed by atoms with E-state index in [1.165, 1.54) is 18.1 Å². The van der Waals surface area contributed by atoms with Gasteiger partial charge in [-0.15, -0.1) is 0 Å². The summed E-state index contributed by atoms with van der Waals surface area (Å²) in [5.41, 5.74) is 2.41. The summed E-state index contributed by atoms with van der Waals surface area (Å²) in [5.74, 6) is 0. The van der Waals surface area contributed by atoms with Crippen LogP contribution in [0.4, 0.5) is 0 Å². The van der Waals surface area contributed by atoms with Crippen molar-refractivity contribution in [1.82, 2.24) is 0 Å². The molecule has 0 saturated heterocycles. The summed E-state index contributed by atoms with van der Waals surface area (Å²) in [6.45, 7) is 7.20. The number of hydrogen-bond acceptors (Lipinski definition) is 2. The maximum absolute atomic E-state index is 8.81. The maximum atomic E-state index is 8.81. The van der Waals surface area contributed by atoms with Crippen molar-refractivity contribution in [2.75, 3.05) is 7.11 Å². The standard InChI is InChI=1S/C11H12.C2H4O.CH4O/c1-3-7-11-9-6-5-8-10(11)4-2;1-2-3;1-2/h3-9H,2H2,1H3;2H,1H3;2H,1H3/b7-3-;;. The Morgan fingerprint density at radius 3 is 1.94 bits per heavy atom. The molecule has 0 bridgehead atoms. The first-order chi connectivity index (χ1) is 7.79. The first kappa shape index (κ1) is 16.7. The van der Waals surface area contributed by atoms with Crippen LogP contribution >= 0.6 is 0 Å². The minimum absolute atomic E-state index is 0.750. The topological polar surface area (TPSA) is 37.3 Å². The van der Waals surface area contributed by atoms with Gasteiger partial charge in [0.25, 0.3) is 0 Å². The van der Waals surface area contributed by atoms with E-state index in [4.69, 9.17) is 9.90 Å². The van der Waals surface area contributed by atoms with Gasteiger partial charge in [-0.1, -0.05) is 49.1 Å². The van der Waals surface area contributed by atoms with Gasteiger partial charge in [0.05, 0.1) is 0 Å². The zero-order valence-corrected chi connectivity index (χ0v) is 10.2. The highest BCUT2D eigenvalue weighted by Crippen LogP contribution is 2.11. The average molecular weight is 220 g/mol.